The molecule has 0 saturated carbocycles. The van der Waals surface area contributed by atoms with Crippen molar-refractivity contribution in [1.82, 2.24) is 0 Å². The Labute approximate surface area is 116 Å². The lowest BCUT2D eigenvalue weighted by Crippen LogP contribution is -2.26. The van der Waals surface area contributed by atoms with Gasteiger partial charge >= 0.3 is 0 Å². The summed E-state index contributed by atoms with van der Waals surface area (Å²) < 4.78 is 27.5. The molecule has 1 unspecified atom stereocenters. The van der Waals surface area contributed by atoms with Crippen LogP contribution in [0.5, 0.6) is 0 Å². The van der Waals surface area contributed by atoms with Crippen molar-refractivity contribution in [3.63, 3.8) is 0 Å². The fourth-order valence-electron chi connectivity index (χ4n) is 2.05. The van der Waals surface area contributed by atoms with E-state index in [1.165, 1.54) is 4.90 Å². The molecule has 1 atom stereocenters. The van der Waals surface area contributed by atoms with E-state index in [0.29, 0.717) is 12.3 Å². The van der Waals surface area contributed by atoms with E-state index in [2.05, 4.69) is 0 Å². The first-order valence-corrected chi connectivity index (χ1v) is 8.11. The minimum Gasteiger partial charge on any atom is -0.380 e. The number of rotatable bonds is 4. The molecule has 1 aromatic rings. The number of hydrogen-bond donors (Lipinski definition) is 0. The van der Waals surface area contributed by atoms with Gasteiger partial charge in [0.1, 0.15) is 5.25 Å². The van der Waals surface area contributed by atoms with Crippen LogP contribution in [0.25, 0.3) is 0 Å². The third-order valence-corrected chi connectivity index (χ3v) is 4.91. The van der Waals surface area contributed by atoms with Gasteiger partial charge in [-0.3, -0.25) is 4.79 Å². The Morgan fingerprint density at radius 2 is 2.00 bits per heavy atom. The largest absolute Gasteiger partial charge is 0.380 e. The Morgan fingerprint density at radius 1 is 1.37 bits per heavy atom. The summed E-state index contributed by atoms with van der Waals surface area (Å²) in [7, 11) is 3.20. The lowest BCUT2D eigenvalue weighted by Gasteiger charge is -2.16. The summed E-state index contributed by atoms with van der Waals surface area (Å²) in [6, 6.07) is 7.23. The summed E-state index contributed by atoms with van der Waals surface area (Å²) >= 11 is 0. The predicted octanol–water partition coefficient (Wildman–Crippen LogP) is 1.51. The van der Waals surface area contributed by atoms with Gasteiger partial charge in [0, 0.05) is 36.4 Å². The molecular weight excluding hydrogens is 290 g/mol. The third-order valence-electron chi connectivity index (χ3n) is 3.05. The van der Waals surface area contributed by atoms with Crippen LogP contribution in [0.15, 0.2) is 24.3 Å². The van der Waals surface area contributed by atoms with Gasteiger partial charge in [0.15, 0.2) is 0 Å². The van der Waals surface area contributed by atoms with E-state index in [1.807, 2.05) is 12.1 Å². The van der Waals surface area contributed by atoms with Gasteiger partial charge in [-0.1, -0.05) is 12.1 Å². The molecule has 1 heterocycles. The van der Waals surface area contributed by atoms with Gasteiger partial charge in [-0.2, -0.15) is 0 Å². The minimum absolute atomic E-state index is 0.0638. The molecule has 1 amide bonds. The second-order valence-corrected chi connectivity index (χ2v) is 7.31. The monoisotopic (exact) mass is 303 g/mol. The highest BCUT2D eigenvalue weighted by molar-refractivity contribution is 8.14. The van der Waals surface area contributed by atoms with Crippen LogP contribution in [0.4, 0.5) is 5.69 Å². The molecule has 2 rings (SSSR count). The van der Waals surface area contributed by atoms with Gasteiger partial charge in [0.25, 0.3) is 0 Å². The Balaban J connectivity index is 2.16. The van der Waals surface area contributed by atoms with Crippen molar-refractivity contribution in [1.29, 1.82) is 0 Å². The molecule has 1 aliphatic rings. The molecule has 0 radical (unpaired) electrons. The minimum atomic E-state index is -3.70. The number of benzene rings is 1. The molecule has 1 aromatic carbocycles. The van der Waals surface area contributed by atoms with Crippen LogP contribution >= 0.6 is 10.7 Å². The average Bonchev–Trinajstić information content (AvgIpc) is 2.73. The van der Waals surface area contributed by atoms with E-state index >= 15 is 0 Å². The molecule has 5 nitrogen and oxygen atoms in total. The zero-order chi connectivity index (χ0) is 14.0. The summed E-state index contributed by atoms with van der Waals surface area (Å²) in [5.41, 5.74) is 1.66. The average molecular weight is 304 g/mol. The summed E-state index contributed by atoms with van der Waals surface area (Å²) in [5, 5.41) is -0.833. The second kappa shape index (κ2) is 5.48. The summed E-state index contributed by atoms with van der Waals surface area (Å²) in [6.45, 7) is 0.598. The Morgan fingerprint density at radius 3 is 2.47 bits per heavy atom. The lowest BCUT2D eigenvalue weighted by atomic mass is 10.2. The van der Waals surface area contributed by atoms with Crippen molar-refractivity contribution in [3.05, 3.63) is 29.8 Å². The van der Waals surface area contributed by atoms with Crippen molar-refractivity contribution >= 4 is 31.3 Å². The van der Waals surface area contributed by atoms with Crippen LogP contribution in [-0.4, -0.2) is 33.2 Å². The van der Waals surface area contributed by atoms with E-state index in [0.717, 1.165) is 5.56 Å². The van der Waals surface area contributed by atoms with Gasteiger partial charge in [0.2, 0.25) is 15.0 Å². The standard InChI is InChI=1S/C12H14ClNO4S/c1-18-8-9-2-4-10(5-3-9)14-7-11(6-12(14)15)19(13,16)17/h2-5,11H,6-8H2,1H3. The lowest BCUT2D eigenvalue weighted by molar-refractivity contribution is -0.117. The first-order valence-electron chi connectivity index (χ1n) is 5.73. The smallest absolute Gasteiger partial charge is 0.237 e. The van der Waals surface area contributed by atoms with Crippen LogP contribution in [0, 0.1) is 0 Å². The van der Waals surface area contributed by atoms with Crippen LogP contribution in [-0.2, 0) is 25.2 Å². The fraction of sp³-hybridized carbons (Fsp3) is 0.417. The van der Waals surface area contributed by atoms with Crippen molar-refractivity contribution in [2.75, 3.05) is 18.6 Å². The van der Waals surface area contributed by atoms with E-state index in [1.54, 1.807) is 19.2 Å². The molecule has 1 fully saturated rings. The number of carbonyl (C=O) groups is 1. The van der Waals surface area contributed by atoms with Gasteiger partial charge in [-0.25, -0.2) is 8.42 Å². The van der Waals surface area contributed by atoms with E-state index in [-0.39, 0.29) is 18.9 Å². The molecule has 0 N–H and O–H groups in total. The van der Waals surface area contributed by atoms with Crippen molar-refractivity contribution in [3.8, 4) is 0 Å². The van der Waals surface area contributed by atoms with E-state index < -0.39 is 14.3 Å². The maximum Gasteiger partial charge on any atom is 0.237 e. The molecule has 1 aliphatic heterocycles. The summed E-state index contributed by atoms with van der Waals surface area (Å²) in [5.74, 6) is -0.228. The first kappa shape index (κ1) is 14.3. The van der Waals surface area contributed by atoms with Gasteiger partial charge in [-0.15, -0.1) is 0 Å². The second-order valence-electron chi connectivity index (χ2n) is 4.41. The van der Waals surface area contributed by atoms with Gasteiger partial charge in [-0.05, 0) is 17.7 Å². The number of hydrogen-bond acceptors (Lipinski definition) is 4. The number of amides is 1. The van der Waals surface area contributed by atoms with E-state index in [4.69, 9.17) is 15.4 Å². The fourth-order valence-corrected chi connectivity index (χ4v) is 3.08. The number of anilines is 1. The Hall–Kier alpha value is -1.11. The van der Waals surface area contributed by atoms with Crippen LogP contribution in [0.1, 0.15) is 12.0 Å². The molecule has 19 heavy (non-hydrogen) atoms. The van der Waals surface area contributed by atoms with Crippen molar-refractivity contribution in [2.45, 2.75) is 18.3 Å². The van der Waals surface area contributed by atoms with Gasteiger partial charge < -0.3 is 9.64 Å². The number of nitrogens with zero attached hydrogens (tertiary/aromatic N) is 1. The molecule has 0 spiro atoms. The first-order chi connectivity index (χ1) is 8.91. The highest BCUT2D eigenvalue weighted by Crippen LogP contribution is 2.26. The molecule has 1 saturated heterocycles. The third kappa shape index (κ3) is 3.26. The van der Waals surface area contributed by atoms with Crippen LogP contribution < -0.4 is 4.90 Å². The zero-order valence-corrected chi connectivity index (χ0v) is 11.9. The van der Waals surface area contributed by atoms with Crippen molar-refractivity contribution < 1.29 is 17.9 Å². The zero-order valence-electron chi connectivity index (χ0n) is 10.4. The maximum absolute atomic E-state index is 11.8. The maximum atomic E-state index is 11.8. The summed E-state index contributed by atoms with van der Waals surface area (Å²) in [6.07, 6.45) is -0.0638. The van der Waals surface area contributed by atoms with Crippen LogP contribution in [0.2, 0.25) is 0 Å². The van der Waals surface area contributed by atoms with Crippen molar-refractivity contribution in [2.24, 2.45) is 0 Å². The molecule has 104 valence electrons. The molecule has 7 heteroatoms. The number of carbonyl (C=O) groups excluding carboxylic acids is 1. The predicted molar refractivity (Wildman–Crippen MR) is 72.7 cm³/mol. The number of methoxy groups -OCH3 is 1. The molecule has 0 aliphatic carbocycles. The normalized spacial score (nSPS) is 20.0. The molecule has 0 aromatic heterocycles. The topological polar surface area (TPSA) is 63.7 Å². The molecule has 0 bridgehead atoms. The Bertz CT molecular complexity index is 570. The van der Waals surface area contributed by atoms with Crippen LogP contribution in [0.3, 0.4) is 0 Å². The quantitative estimate of drug-likeness (QED) is 0.791. The number of ether oxygens (including phenoxy) is 1. The summed E-state index contributed by atoms with van der Waals surface area (Å²) in [4.78, 5) is 13.3. The van der Waals surface area contributed by atoms with E-state index in [9.17, 15) is 13.2 Å². The SMILES string of the molecule is COCc1ccc(N2CC(S(=O)(=O)Cl)CC2=O)cc1. The highest BCUT2D eigenvalue weighted by atomic mass is 35.7. The highest BCUT2D eigenvalue weighted by Gasteiger charge is 2.37. The Kier molecular flexibility index (Phi) is 4.13. The molecular formula is C12H14ClNO4S. The number of halogens is 1. The van der Waals surface area contributed by atoms with Gasteiger partial charge in [0.05, 0.1) is 6.61 Å².